The van der Waals surface area contributed by atoms with Gasteiger partial charge in [0.2, 0.25) is 0 Å². The van der Waals surface area contributed by atoms with Gasteiger partial charge >= 0.3 is 5.97 Å². The monoisotopic (exact) mass is 330 g/mol. The first-order chi connectivity index (χ1) is 9.75. The van der Waals surface area contributed by atoms with Gasteiger partial charge in [0.25, 0.3) is 0 Å². The van der Waals surface area contributed by atoms with Gasteiger partial charge in [-0.1, -0.05) is 18.5 Å². The second-order valence-corrected chi connectivity index (χ2v) is 6.15. The van der Waals surface area contributed by atoms with Crippen LogP contribution >= 0.6 is 23.8 Å². The lowest BCUT2D eigenvalue weighted by atomic mass is 9.88. The number of aliphatic hydroxyl groups is 1. The zero-order valence-electron chi connectivity index (χ0n) is 11.9. The summed E-state index contributed by atoms with van der Waals surface area (Å²) in [5, 5.41) is 25.1. The Kier molecular flexibility index (Phi) is 6.39. The van der Waals surface area contributed by atoms with Gasteiger partial charge in [0.15, 0.2) is 5.11 Å². The molecule has 1 unspecified atom stereocenters. The maximum absolute atomic E-state index is 10.8. The summed E-state index contributed by atoms with van der Waals surface area (Å²) in [5.41, 5.74) is 0.995. The summed E-state index contributed by atoms with van der Waals surface area (Å²) in [6.07, 6.45) is -0.140. The standard InChI is InChI=1S/C14H19ClN2O3S/c1-9-5-10(15)3-4-11(9)17-13(21)16-7-14(2,8-18)6-12(19)20/h3-5,18H,6-8H2,1-2H3,(H,19,20)(H2,16,17,21). The van der Waals surface area contributed by atoms with Crippen LogP contribution in [-0.2, 0) is 4.79 Å². The Hall–Kier alpha value is -1.37. The van der Waals surface area contributed by atoms with E-state index in [0.29, 0.717) is 10.1 Å². The largest absolute Gasteiger partial charge is 0.481 e. The van der Waals surface area contributed by atoms with Crippen molar-refractivity contribution in [2.75, 3.05) is 18.5 Å². The van der Waals surface area contributed by atoms with E-state index in [-0.39, 0.29) is 19.6 Å². The molecule has 0 aromatic heterocycles. The molecule has 0 amide bonds. The van der Waals surface area contributed by atoms with Crippen LogP contribution in [0.1, 0.15) is 18.9 Å². The van der Waals surface area contributed by atoms with E-state index in [9.17, 15) is 9.90 Å². The van der Waals surface area contributed by atoms with Crippen LogP contribution in [0.5, 0.6) is 0 Å². The fourth-order valence-corrected chi connectivity index (χ4v) is 2.18. The van der Waals surface area contributed by atoms with Crippen molar-refractivity contribution in [2.45, 2.75) is 20.3 Å². The van der Waals surface area contributed by atoms with Crippen LogP contribution in [0, 0.1) is 12.3 Å². The normalized spacial score (nSPS) is 13.3. The quantitative estimate of drug-likeness (QED) is 0.600. The number of carboxylic acids is 1. The number of aryl methyl sites for hydroxylation is 1. The molecule has 0 fully saturated rings. The predicted octanol–water partition coefficient (Wildman–Crippen LogP) is 2.41. The summed E-state index contributed by atoms with van der Waals surface area (Å²) >= 11 is 11.1. The molecule has 0 aliphatic heterocycles. The Bertz CT molecular complexity index is 539. The second-order valence-electron chi connectivity index (χ2n) is 5.31. The van der Waals surface area contributed by atoms with E-state index in [2.05, 4.69) is 10.6 Å². The van der Waals surface area contributed by atoms with E-state index < -0.39 is 11.4 Å². The highest BCUT2D eigenvalue weighted by Gasteiger charge is 2.27. The molecule has 4 N–H and O–H groups in total. The van der Waals surface area contributed by atoms with Crippen molar-refractivity contribution in [3.05, 3.63) is 28.8 Å². The summed E-state index contributed by atoms with van der Waals surface area (Å²) in [5.74, 6) is -0.958. The molecule has 0 heterocycles. The van der Waals surface area contributed by atoms with Gasteiger partial charge in [0.1, 0.15) is 0 Å². The van der Waals surface area contributed by atoms with Crippen molar-refractivity contribution in [3.63, 3.8) is 0 Å². The number of rotatable bonds is 6. The number of nitrogens with one attached hydrogen (secondary N) is 2. The number of anilines is 1. The maximum atomic E-state index is 10.8. The minimum Gasteiger partial charge on any atom is -0.481 e. The fraction of sp³-hybridized carbons (Fsp3) is 0.429. The molecule has 0 bridgehead atoms. The van der Waals surface area contributed by atoms with Crippen molar-refractivity contribution >= 4 is 40.6 Å². The van der Waals surface area contributed by atoms with Crippen LogP contribution in [0.2, 0.25) is 5.02 Å². The molecule has 1 aromatic rings. The molecule has 0 saturated carbocycles. The summed E-state index contributed by atoms with van der Waals surface area (Å²) in [7, 11) is 0. The third-order valence-electron chi connectivity index (χ3n) is 3.07. The van der Waals surface area contributed by atoms with E-state index in [1.165, 1.54) is 0 Å². The summed E-state index contributed by atoms with van der Waals surface area (Å²) < 4.78 is 0. The highest BCUT2D eigenvalue weighted by molar-refractivity contribution is 7.80. The van der Waals surface area contributed by atoms with E-state index in [4.69, 9.17) is 28.9 Å². The number of benzene rings is 1. The number of aliphatic carboxylic acids is 1. The van der Waals surface area contributed by atoms with E-state index in [0.717, 1.165) is 11.3 Å². The van der Waals surface area contributed by atoms with Gasteiger partial charge in [-0.3, -0.25) is 4.79 Å². The first-order valence-electron chi connectivity index (χ1n) is 6.39. The zero-order valence-corrected chi connectivity index (χ0v) is 13.5. The molecule has 1 aromatic carbocycles. The van der Waals surface area contributed by atoms with Gasteiger partial charge < -0.3 is 20.8 Å². The molecule has 21 heavy (non-hydrogen) atoms. The number of carbonyl (C=O) groups is 1. The van der Waals surface area contributed by atoms with Crippen LogP contribution in [0.25, 0.3) is 0 Å². The second kappa shape index (κ2) is 7.59. The van der Waals surface area contributed by atoms with Gasteiger partial charge in [0.05, 0.1) is 13.0 Å². The van der Waals surface area contributed by atoms with Crippen molar-refractivity contribution in [1.29, 1.82) is 0 Å². The summed E-state index contributed by atoms with van der Waals surface area (Å²) in [6.45, 7) is 3.60. The molecule has 1 rings (SSSR count). The highest BCUT2D eigenvalue weighted by Crippen LogP contribution is 2.21. The number of carboxylic acid groups (broad SMARTS) is 1. The maximum Gasteiger partial charge on any atom is 0.304 e. The average molecular weight is 331 g/mol. The van der Waals surface area contributed by atoms with Crippen LogP contribution in [-0.4, -0.2) is 34.4 Å². The van der Waals surface area contributed by atoms with Crippen LogP contribution in [0.15, 0.2) is 18.2 Å². The lowest BCUT2D eigenvalue weighted by Gasteiger charge is -2.26. The first-order valence-corrected chi connectivity index (χ1v) is 7.18. The van der Waals surface area contributed by atoms with Crippen molar-refractivity contribution in [2.24, 2.45) is 5.41 Å². The number of thiocarbonyl (C=S) groups is 1. The zero-order chi connectivity index (χ0) is 16.0. The Morgan fingerprint density at radius 1 is 1.48 bits per heavy atom. The molecule has 5 nitrogen and oxygen atoms in total. The van der Waals surface area contributed by atoms with Gasteiger partial charge in [-0.25, -0.2) is 0 Å². The van der Waals surface area contributed by atoms with E-state index in [1.807, 2.05) is 19.1 Å². The average Bonchev–Trinajstić information content (AvgIpc) is 2.39. The Morgan fingerprint density at radius 2 is 2.14 bits per heavy atom. The van der Waals surface area contributed by atoms with Gasteiger partial charge in [-0.15, -0.1) is 0 Å². The van der Waals surface area contributed by atoms with Crippen LogP contribution < -0.4 is 10.6 Å². The van der Waals surface area contributed by atoms with Crippen LogP contribution in [0.3, 0.4) is 0 Å². The van der Waals surface area contributed by atoms with Gasteiger partial charge in [-0.05, 0) is 42.9 Å². The summed E-state index contributed by atoms with van der Waals surface area (Å²) in [6, 6.07) is 5.38. The van der Waals surface area contributed by atoms with Gasteiger partial charge in [0, 0.05) is 22.7 Å². The first kappa shape index (κ1) is 17.7. The SMILES string of the molecule is Cc1cc(Cl)ccc1NC(=S)NCC(C)(CO)CC(=O)O. The van der Waals surface area contributed by atoms with Gasteiger partial charge in [-0.2, -0.15) is 0 Å². The van der Waals surface area contributed by atoms with E-state index >= 15 is 0 Å². The summed E-state index contributed by atoms with van der Waals surface area (Å²) in [4.78, 5) is 10.8. The third-order valence-corrected chi connectivity index (χ3v) is 3.55. The molecular weight excluding hydrogens is 312 g/mol. The number of hydrogen-bond donors (Lipinski definition) is 4. The van der Waals surface area contributed by atoms with Crippen LogP contribution in [0.4, 0.5) is 5.69 Å². The fourth-order valence-electron chi connectivity index (χ4n) is 1.77. The molecule has 1 atom stereocenters. The smallest absolute Gasteiger partial charge is 0.304 e. The molecule has 0 radical (unpaired) electrons. The number of hydrogen-bond acceptors (Lipinski definition) is 3. The topological polar surface area (TPSA) is 81.6 Å². The lowest BCUT2D eigenvalue weighted by molar-refractivity contribution is -0.140. The minimum atomic E-state index is -0.958. The minimum absolute atomic E-state index is 0.140. The Balaban J connectivity index is 2.59. The predicted molar refractivity (Wildman–Crippen MR) is 87.9 cm³/mol. The molecular formula is C14H19ClN2O3S. The highest BCUT2D eigenvalue weighted by atomic mass is 35.5. The molecule has 116 valence electrons. The van der Waals surface area contributed by atoms with Crippen molar-refractivity contribution < 1.29 is 15.0 Å². The Labute approximate surface area is 134 Å². The number of aliphatic hydroxyl groups excluding tert-OH is 1. The lowest BCUT2D eigenvalue weighted by Crippen LogP contribution is -2.41. The Morgan fingerprint density at radius 3 is 2.67 bits per heavy atom. The molecule has 0 spiro atoms. The van der Waals surface area contributed by atoms with Crippen molar-refractivity contribution in [3.8, 4) is 0 Å². The third kappa shape index (κ3) is 5.87. The van der Waals surface area contributed by atoms with E-state index in [1.54, 1.807) is 13.0 Å². The number of halogens is 1. The molecule has 0 saturated heterocycles. The molecule has 0 aliphatic rings. The molecule has 7 heteroatoms. The molecule has 0 aliphatic carbocycles. The van der Waals surface area contributed by atoms with Crippen molar-refractivity contribution in [1.82, 2.24) is 5.32 Å².